The molecule has 0 aromatic heterocycles. The van der Waals surface area contributed by atoms with Crippen LogP contribution in [-0.2, 0) is 4.74 Å². The fourth-order valence-corrected chi connectivity index (χ4v) is 1.75. The van der Waals surface area contributed by atoms with Gasteiger partial charge in [-0.1, -0.05) is 12.1 Å². The number of hydrogen-bond acceptors (Lipinski definition) is 4. The fraction of sp³-hybridized carbons (Fsp3) is 0.500. The van der Waals surface area contributed by atoms with Crippen LogP contribution in [0.5, 0.6) is 0 Å². The van der Waals surface area contributed by atoms with Gasteiger partial charge in [0, 0.05) is 31.9 Å². The molecule has 0 aliphatic rings. The Kier molecular flexibility index (Phi) is 6.20. The second-order valence-electron chi connectivity index (χ2n) is 4.27. The summed E-state index contributed by atoms with van der Waals surface area (Å²) in [6.07, 6.45) is 0.513. The third kappa shape index (κ3) is 4.36. The molecule has 0 aliphatic heterocycles. The van der Waals surface area contributed by atoms with Gasteiger partial charge in [-0.3, -0.25) is 0 Å². The number of nitrogens with zero attached hydrogens (tertiary/aromatic N) is 2. The lowest BCUT2D eigenvalue weighted by molar-refractivity contribution is 0.205. The van der Waals surface area contributed by atoms with E-state index in [2.05, 4.69) is 11.0 Å². The molecular formula is C14H21N3O. The number of hydrogen-bond donors (Lipinski definition) is 1. The van der Waals surface area contributed by atoms with Gasteiger partial charge in [-0.2, -0.15) is 5.26 Å². The third-order valence-corrected chi connectivity index (χ3v) is 2.84. The maximum Gasteiger partial charge on any atom is 0.0640 e. The van der Waals surface area contributed by atoms with E-state index in [9.17, 15) is 0 Å². The zero-order valence-corrected chi connectivity index (χ0v) is 11.1. The maximum absolute atomic E-state index is 8.68. The van der Waals surface area contributed by atoms with Gasteiger partial charge in [0.05, 0.1) is 19.1 Å². The van der Waals surface area contributed by atoms with Crippen molar-refractivity contribution in [3.05, 3.63) is 29.8 Å². The highest BCUT2D eigenvalue weighted by atomic mass is 16.5. The highest BCUT2D eigenvalue weighted by Crippen LogP contribution is 2.18. The third-order valence-electron chi connectivity index (χ3n) is 2.84. The Morgan fingerprint density at radius 2 is 2.00 bits per heavy atom. The number of methoxy groups -OCH3 is 1. The lowest BCUT2D eigenvalue weighted by Crippen LogP contribution is -2.28. The molecule has 0 saturated heterocycles. The Morgan fingerprint density at radius 3 is 2.50 bits per heavy atom. The van der Waals surface area contributed by atoms with Gasteiger partial charge in [0.25, 0.3) is 0 Å². The molecule has 18 heavy (non-hydrogen) atoms. The molecule has 0 spiro atoms. The van der Waals surface area contributed by atoms with E-state index in [4.69, 9.17) is 15.7 Å². The highest BCUT2D eigenvalue weighted by molar-refractivity contribution is 5.48. The van der Waals surface area contributed by atoms with Crippen molar-refractivity contribution in [3.8, 4) is 6.07 Å². The molecule has 0 unspecified atom stereocenters. The summed E-state index contributed by atoms with van der Waals surface area (Å²) in [5, 5.41) is 8.68. The quantitative estimate of drug-likeness (QED) is 0.801. The summed E-state index contributed by atoms with van der Waals surface area (Å²) in [5.74, 6) is 0. The fourth-order valence-electron chi connectivity index (χ4n) is 1.75. The average molecular weight is 247 g/mol. The summed E-state index contributed by atoms with van der Waals surface area (Å²) in [6.45, 7) is 4.13. The van der Waals surface area contributed by atoms with Gasteiger partial charge in [-0.05, 0) is 24.6 Å². The van der Waals surface area contributed by atoms with Gasteiger partial charge in [0.15, 0.2) is 0 Å². The molecule has 4 nitrogen and oxygen atoms in total. The van der Waals surface area contributed by atoms with Gasteiger partial charge >= 0.3 is 0 Å². The van der Waals surface area contributed by atoms with E-state index in [-0.39, 0.29) is 6.04 Å². The molecule has 1 rings (SSSR count). The van der Waals surface area contributed by atoms with Crippen molar-refractivity contribution in [2.75, 3.05) is 31.7 Å². The zero-order chi connectivity index (χ0) is 13.4. The van der Waals surface area contributed by atoms with Crippen molar-refractivity contribution >= 4 is 5.69 Å². The molecule has 4 heteroatoms. The summed E-state index contributed by atoms with van der Waals surface area (Å²) in [7, 11) is 1.68. The molecule has 2 N–H and O–H groups in total. The lowest BCUT2D eigenvalue weighted by Gasteiger charge is -2.24. The second kappa shape index (κ2) is 7.70. The Labute approximate surface area is 109 Å². The summed E-state index contributed by atoms with van der Waals surface area (Å²) in [5.41, 5.74) is 8.04. The molecule has 1 aromatic rings. The van der Waals surface area contributed by atoms with Crippen molar-refractivity contribution in [1.82, 2.24) is 0 Å². The highest BCUT2D eigenvalue weighted by Gasteiger charge is 2.06. The molecule has 0 saturated carbocycles. The first-order chi connectivity index (χ1) is 8.69. The molecular weight excluding hydrogens is 226 g/mol. The van der Waals surface area contributed by atoms with Crippen LogP contribution in [0, 0.1) is 11.3 Å². The lowest BCUT2D eigenvalue weighted by atomic mass is 10.1. The van der Waals surface area contributed by atoms with Crippen LogP contribution >= 0.6 is 0 Å². The molecule has 0 radical (unpaired) electrons. The molecule has 1 aromatic carbocycles. The van der Waals surface area contributed by atoms with E-state index in [1.165, 1.54) is 0 Å². The number of benzene rings is 1. The van der Waals surface area contributed by atoms with Crippen LogP contribution in [0.4, 0.5) is 5.69 Å². The standard InChI is InChI=1S/C14H21N3O/c1-12(16)13-4-6-14(7-5-13)17(9-3-8-15)10-11-18-2/h4-7,12H,3,9-11,16H2,1-2H3/t12-/m0/s1. The smallest absolute Gasteiger partial charge is 0.0640 e. The van der Waals surface area contributed by atoms with Crippen LogP contribution in [0.3, 0.4) is 0 Å². The van der Waals surface area contributed by atoms with Crippen LogP contribution in [0.25, 0.3) is 0 Å². The van der Waals surface area contributed by atoms with Crippen molar-refractivity contribution in [3.63, 3.8) is 0 Å². The molecule has 98 valence electrons. The summed E-state index contributed by atoms with van der Waals surface area (Å²) in [6, 6.07) is 10.4. The monoisotopic (exact) mass is 247 g/mol. The number of ether oxygens (including phenoxy) is 1. The zero-order valence-electron chi connectivity index (χ0n) is 11.1. The van der Waals surface area contributed by atoms with E-state index in [0.717, 1.165) is 24.3 Å². The first-order valence-electron chi connectivity index (χ1n) is 6.15. The largest absolute Gasteiger partial charge is 0.383 e. The number of anilines is 1. The van der Waals surface area contributed by atoms with Crippen molar-refractivity contribution in [2.24, 2.45) is 5.73 Å². The first kappa shape index (κ1) is 14.5. The number of nitrogens with two attached hydrogens (primary N) is 1. The minimum absolute atomic E-state index is 0.0468. The average Bonchev–Trinajstić information content (AvgIpc) is 2.39. The van der Waals surface area contributed by atoms with E-state index in [1.54, 1.807) is 7.11 Å². The Hall–Kier alpha value is -1.57. The molecule has 0 bridgehead atoms. The Morgan fingerprint density at radius 1 is 1.33 bits per heavy atom. The predicted molar refractivity (Wildman–Crippen MR) is 73.4 cm³/mol. The van der Waals surface area contributed by atoms with E-state index >= 15 is 0 Å². The summed E-state index contributed by atoms with van der Waals surface area (Å²) >= 11 is 0. The van der Waals surface area contributed by atoms with E-state index in [0.29, 0.717) is 13.0 Å². The predicted octanol–water partition coefficient (Wildman–Crippen LogP) is 2.07. The van der Waals surface area contributed by atoms with Gasteiger partial charge < -0.3 is 15.4 Å². The van der Waals surface area contributed by atoms with Crippen LogP contribution in [0.15, 0.2) is 24.3 Å². The minimum Gasteiger partial charge on any atom is -0.383 e. The van der Waals surface area contributed by atoms with Gasteiger partial charge in [-0.15, -0.1) is 0 Å². The summed E-state index contributed by atoms with van der Waals surface area (Å²) in [4.78, 5) is 2.15. The molecule has 0 fully saturated rings. The van der Waals surface area contributed by atoms with Gasteiger partial charge in [-0.25, -0.2) is 0 Å². The minimum atomic E-state index is 0.0468. The normalized spacial score (nSPS) is 11.9. The van der Waals surface area contributed by atoms with Crippen LogP contribution < -0.4 is 10.6 Å². The molecule has 0 amide bonds. The van der Waals surface area contributed by atoms with Crippen molar-refractivity contribution < 1.29 is 4.74 Å². The Bertz CT molecular complexity index is 381. The Balaban J connectivity index is 2.74. The van der Waals surface area contributed by atoms with E-state index < -0.39 is 0 Å². The maximum atomic E-state index is 8.68. The number of nitriles is 1. The molecule has 1 atom stereocenters. The topological polar surface area (TPSA) is 62.3 Å². The second-order valence-corrected chi connectivity index (χ2v) is 4.27. The summed E-state index contributed by atoms with van der Waals surface area (Å²) < 4.78 is 5.09. The van der Waals surface area contributed by atoms with Crippen LogP contribution in [0.2, 0.25) is 0 Å². The van der Waals surface area contributed by atoms with Crippen molar-refractivity contribution in [1.29, 1.82) is 5.26 Å². The van der Waals surface area contributed by atoms with E-state index in [1.807, 2.05) is 31.2 Å². The van der Waals surface area contributed by atoms with Gasteiger partial charge in [0.2, 0.25) is 0 Å². The van der Waals surface area contributed by atoms with Crippen LogP contribution in [-0.4, -0.2) is 26.8 Å². The van der Waals surface area contributed by atoms with Crippen molar-refractivity contribution in [2.45, 2.75) is 19.4 Å². The van der Waals surface area contributed by atoms with Crippen LogP contribution in [0.1, 0.15) is 24.9 Å². The molecule has 0 aliphatic carbocycles. The first-order valence-corrected chi connectivity index (χ1v) is 6.15. The van der Waals surface area contributed by atoms with Gasteiger partial charge in [0.1, 0.15) is 0 Å². The molecule has 0 heterocycles. The SMILES string of the molecule is COCCN(CCC#N)c1ccc([C@H](C)N)cc1. The number of rotatable bonds is 7.